The van der Waals surface area contributed by atoms with Gasteiger partial charge in [0.1, 0.15) is 0 Å². The highest BCUT2D eigenvalue weighted by molar-refractivity contribution is 5.81. The summed E-state index contributed by atoms with van der Waals surface area (Å²) < 4.78 is 0. The van der Waals surface area contributed by atoms with Gasteiger partial charge >= 0.3 is 5.97 Å². The summed E-state index contributed by atoms with van der Waals surface area (Å²) >= 11 is 0. The molecule has 0 unspecified atom stereocenters. The van der Waals surface area contributed by atoms with Crippen LogP contribution in [0.4, 0.5) is 0 Å². The Labute approximate surface area is 94.7 Å². The lowest BCUT2D eigenvalue weighted by molar-refractivity contribution is -0.154. The molecule has 2 N–H and O–H groups in total. The predicted molar refractivity (Wildman–Crippen MR) is 58.8 cm³/mol. The minimum Gasteiger partial charge on any atom is -0.481 e. The topological polar surface area (TPSA) is 66.4 Å². The number of allylic oxidation sites excluding steroid dienone is 2. The monoisotopic (exact) mass is 223 g/mol. The van der Waals surface area contributed by atoms with Crippen LogP contribution >= 0.6 is 0 Å². The highest BCUT2D eigenvalue weighted by Crippen LogP contribution is 2.40. The second-order valence-electron chi connectivity index (χ2n) is 4.80. The number of carbonyl (C=O) groups excluding carboxylic acids is 1. The molecule has 88 valence electrons. The molecule has 0 spiro atoms. The lowest BCUT2D eigenvalue weighted by Crippen LogP contribution is -2.48. The highest BCUT2D eigenvalue weighted by atomic mass is 16.4. The number of nitrogens with one attached hydrogen (secondary N) is 1. The smallest absolute Gasteiger partial charge is 0.311 e. The maximum Gasteiger partial charge on any atom is 0.311 e. The molecule has 2 aliphatic carbocycles. The summed E-state index contributed by atoms with van der Waals surface area (Å²) in [6.45, 7) is 0.289. The van der Waals surface area contributed by atoms with E-state index in [4.69, 9.17) is 5.11 Å². The number of hydrogen-bond donors (Lipinski definition) is 2. The minimum absolute atomic E-state index is 0.00229. The van der Waals surface area contributed by atoms with Gasteiger partial charge < -0.3 is 10.4 Å². The molecule has 0 bridgehead atoms. The molecule has 0 aliphatic heterocycles. The van der Waals surface area contributed by atoms with Crippen LogP contribution in [0.5, 0.6) is 0 Å². The summed E-state index contributed by atoms with van der Waals surface area (Å²) in [6, 6.07) is 0. The molecule has 0 aromatic heterocycles. The standard InChI is InChI=1S/C12H17NO3/c14-10(9-4-1-2-5-9)13-8-12(11(15)16)6-3-7-12/h1-2,9H,3-8H2,(H,13,14)(H,15,16). The van der Waals surface area contributed by atoms with Crippen molar-refractivity contribution in [1.29, 1.82) is 0 Å². The summed E-state index contributed by atoms with van der Waals surface area (Å²) in [5.74, 6) is -0.757. The molecule has 0 aromatic carbocycles. The highest BCUT2D eigenvalue weighted by Gasteiger charge is 2.44. The fourth-order valence-electron chi connectivity index (χ4n) is 2.30. The van der Waals surface area contributed by atoms with Gasteiger partial charge in [0.15, 0.2) is 0 Å². The summed E-state index contributed by atoms with van der Waals surface area (Å²) in [6.07, 6.45) is 7.89. The van der Waals surface area contributed by atoms with Gasteiger partial charge in [-0.05, 0) is 25.7 Å². The third-order valence-corrected chi connectivity index (χ3v) is 3.74. The molecule has 2 rings (SSSR count). The van der Waals surface area contributed by atoms with Crippen molar-refractivity contribution in [2.75, 3.05) is 6.54 Å². The molecular formula is C12H17NO3. The van der Waals surface area contributed by atoms with E-state index in [-0.39, 0.29) is 18.4 Å². The maximum absolute atomic E-state index is 11.7. The Balaban J connectivity index is 1.82. The molecule has 2 aliphatic rings. The van der Waals surface area contributed by atoms with Crippen LogP contribution in [-0.2, 0) is 9.59 Å². The third kappa shape index (κ3) is 1.96. The van der Waals surface area contributed by atoms with Gasteiger partial charge in [-0.15, -0.1) is 0 Å². The Morgan fingerprint density at radius 1 is 1.31 bits per heavy atom. The molecule has 16 heavy (non-hydrogen) atoms. The van der Waals surface area contributed by atoms with Crippen LogP contribution in [0.15, 0.2) is 12.2 Å². The summed E-state index contributed by atoms with van der Waals surface area (Å²) in [7, 11) is 0. The molecular weight excluding hydrogens is 206 g/mol. The van der Waals surface area contributed by atoms with Gasteiger partial charge in [-0.25, -0.2) is 0 Å². The fraction of sp³-hybridized carbons (Fsp3) is 0.667. The predicted octanol–water partition coefficient (Wildman–Crippen LogP) is 1.32. The first kappa shape index (κ1) is 11.2. The normalized spacial score (nSPS) is 22.8. The molecule has 0 aromatic rings. The number of aliphatic carboxylic acids is 1. The average Bonchev–Trinajstić information content (AvgIpc) is 2.67. The van der Waals surface area contributed by atoms with E-state index in [0.717, 1.165) is 19.3 Å². The van der Waals surface area contributed by atoms with Crippen molar-refractivity contribution in [3.05, 3.63) is 12.2 Å². The van der Waals surface area contributed by atoms with Crippen LogP contribution in [0.25, 0.3) is 0 Å². The van der Waals surface area contributed by atoms with Crippen LogP contribution in [-0.4, -0.2) is 23.5 Å². The van der Waals surface area contributed by atoms with Crippen LogP contribution in [0, 0.1) is 11.3 Å². The number of carboxylic acid groups (broad SMARTS) is 1. The van der Waals surface area contributed by atoms with E-state index in [1.165, 1.54) is 0 Å². The molecule has 0 heterocycles. The second kappa shape index (κ2) is 4.28. The van der Waals surface area contributed by atoms with Gasteiger partial charge in [-0.2, -0.15) is 0 Å². The Bertz CT molecular complexity index is 323. The van der Waals surface area contributed by atoms with Crippen LogP contribution < -0.4 is 5.32 Å². The fourth-order valence-corrected chi connectivity index (χ4v) is 2.30. The van der Waals surface area contributed by atoms with Crippen molar-refractivity contribution in [2.45, 2.75) is 32.1 Å². The lowest BCUT2D eigenvalue weighted by atomic mass is 9.68. The van der Waals surface area contributed by atoms with Crippen molar-refractivity contribution in [1.82, 2.24) is 5.32 Å². The van der Waals surface area contributed by atoms with Crippen LogP contribution in [0.1, 0.15) is 32.1 Å². The Kier molecular flexibility index (Phi) is 2.99. The Morgan fingerprint density at radius 3 is 2.38 bits per heavy atom. The molecule has 0 saturated heterocycles. The Morgan fingerprint density at radius 2 is 1.94 bits per heavy atom. The van der Waals surface area contributed by atoms with Crippen molar-refractivity contribution >= 4 is 11.9 Å². The average molecular weight is 223 g/mol. The molecule has 1 amide bonds. The largest absolute Gasteiger partial charge is 0.481 e. The molecule has 4 heteroatoms. The summed E-state index contributed by atoms with van der Waals surface area (Å²) in [5, 5.41) is 11.9. The van der Waals surface area contributed by atoms with E-state index in [0.29, 0.717) is 12.8 Å². The zero-order valence-electron chi connectivity index (χ0n) is 9.24. The number of rotatable bonds is 4. The van der Waals surface area contributed by atoms with Gasteiger partial charge in [0.05, 0.1) is 5.41 Å². The van der Waals surface area contributed by atoms with E-state index in [1.807, 2.05) is 12.2 Å². The molecule has 0 radical (unpaired) electrons. The van der Waals surface area contributed by atoms with Crippen molar-refractivity contribution in [3.8, 4) is 0 Å². The summed E-state index contributed by atoms with van der Waals surface area (Å²) in [5.41, 5.74) is -0.679. The molecule has 1 fully saturated rings. The lowest BCUT2D eigenvalue weighted by Gasteiger charge is -2.37. The van der Waals surface area contributed by atoms with E-state index in [9.17, 15) is 9.59 Å². The second-order valence-corrected chi connectivity index (χ2v) is 4.80. The van der Waals surface area contributed by atoms with Gasteiger partial charge in [0.2, 0.25) is 5.91 Å². The quantitative estimate of drug-likeness (QED) is 0.706. The number of amides is 1. The van der Waals surface area contributed by atoms with E-state index >= 15 is 0 Å². The van der Waals surface area contributed by atoms with E-state index in [1.54, 1.807) is 0 Å². The van der Waals surface area contributed by atoms with E-state index < -0.39 is 11.4 Å². The van der Waals surface area contributed by atoms with Gasteiger partial charge in [0.25, 0.3) is 0 Å². The van der Waals surface area contributed by atoms with Gasteiger partial charge in [-0.1, -0.05) is 18.6 Å². The number of carboxylic acids is 1. The number of hydrogen-bond acceptors (Lipinski definition) is 2. The molecule has 1 saturated carbocycles. The zero-order chi connectivity index (χ0) is 11.6. The van der Waals surface area contributed by atoms with Crippen molar-refractivity contribution < 1.29 is 14.7 Å². The number of carbonyl (C=O) groups is 2. The minimum atomic E-state index is -0.774. The van der Waals surface area contributed by atoms with Gasteiger partial charge in [0, 0.05) is 12.5 Å². The molecule has 4 nitrogen and oxygen atoms in total. The van der Waals surface area contributed by atoms with E-state index in [2.05, 4.69) is 5.32 Å². The summed E-state index contributed by atoms with van der Waals surface area (Å²) in [4.78, 5) is 22.8. The van der Waals surface area contributed by atoms with Crippen molar-refractivity contribution in [3.63, 3.8) is 0 Å². The van der Waals surface area contributed by atoms with Gasteiger partial charge in [-0.3, -0.25) is 9.59 Å². The SMILES string of the molecule is O=C(NCC1(C(=O)O)CCC1)C1CC=CC1. The van der Waals surface area contributed by atoms with Crippen LogP contribution in [0.3, 0.4) is 0 Å². The van der Waals surface area contributed by atoms with Crippen molar-refractivity contribution in [2.24, 2.45) is 11.3 Å². The molecule has 0 atom stereocenters. The van der Waals surface area contributed by atoms with Crippen LogP contribution in [0.2, 0.25) is 0 Å². The third-order valence-electron chi connectivity index (χ3n) is 3.74. The Hall–Kier alpha value is -1.32. The first-order chi connectivity index (χ1) is 7.64. The maximum atomic E-state index is 11.7. The first-order valence-corrected chi connectivity index (χ1v) is 5.80. The first-order valence-electron chi connectivity index (χ1n) is 5.80. The zero-order valence-corrected chi connectivity index (χ0v) is 9.24.